The van der Waals surface area contributed by atoms with Crippen LogP contribution in [-0.2, 0) is 4.79 Å². The van der Waals surface area contributed by atoms with Gasteiger partial charge < -0.3 is 19.5 Å². The molecule has 5 rings (SSSR count). The van der Waals surface area contributed by atoms with Gasteiger partial charge in [0.25, 0.3) is 11.1 Å². The molecule has 1 fully saturated rings. The lowest BCUT2D eigenvalue weighted by Gasteiger charge is -2.36. The summed E-state index contributed by atoms with van der Waals surface area (Å²) in [5.41, 5.74) is 2.89. The average Bonchev–Trinajstić information content (AvgIpc) is 3.41. The summed E-state index contributed by atoms with van der Waals surface area (Å²) >= 11 is 13.5. The van der Waals surface area contributed by atoms with Crippen LogP contribution in [0.2, 0.25) is 10.0 Å². The van der Waals surface area contributed by atoms with Crippen LogP contribution in [0.25, 0.3) is 11.5 Å². The Morgan fingerprint density at radius 1 is 0.868 bits per heavy atom. The van der Waals surface area contributed by atoms with Crippen LogP contribution < -0.4 is 10.2 Å². The van der Waals surface area contributed by atoms with Crippen molar-refractivity contribution in [3.05, 3.63) is 88.4 Å². The highest BCUT2D eigenvalue weighted by atomic mass is 35.5. The van der Waals surface area contributed by atoms with Crippen LogP contribution in [-0.4, -0.2) is 58.8 Å². The maximum atomic E-state index is 12.8. The standard InChI is InChI=1S/C27H23Cl2N5O3S/c28-22-7-3-1-5-20(22)25-31-32-27(37-25)38-17-24(35)30-18-9-11-19(12-10-18)33-13-15-34(16-14-33)26(36)21-6-2-4-8-23(21)29/h1-12H,13-17H2,(H,30,35). The molecular weight excluding hydrogens is 545 g/mol. The SMILES string of the molecule is O=C(CSc1nnc(-c2ccccc2Cl)o1)Nc1ccc(N2CCN(C(=O)c3ccccc3Cl)CC2)cc1. The first-order valence-corrected chi connectivity index (χ1v) is 13.6. The Bertz CT molecular complexity index is 1440. The number of rotatable bonds is 7. The number of nitrogens with one attached hydrogen (secondary N) is 1. The number of carbonyl (C=O) groups is 2. The quantitative estimate of drug-likeness (QED) is 0.285. The van der Waals surface area contributed by atoms with Crippen LogP contribution in [0.1, 0.15) is 10.4 Å². The third-order valence-electron chi connectivity index (χ3n) is 6.02. The van der Waals surface area contributed by atoms with Crippen molar-refractivity contribution in [1.29, 1.82) is 0 Å². The van der Waals surface area contributed by atoms with E-state index in [1.165, 1.54) is 0 Å². The molecule has 1 aromatic heterocycles. The molecule has 1 saturated heterocycles. The molecule has 0 radical (unpaired) electrons. The highest BCUT2D eigenvalue weighted by molar-refractivity contribution is 7.99. The first kappa shape index (κ1) is 26.1. The number of hydrogen-bond acceptors (Lipinski definition) is 7. The lowest BCUT2D eigenvalue weighted by atomic mass is 10.1. The van der Waals surface area contributed by atoms with Crippen LogP contribution in [0.3, 0.4) is 0 Å². The van der Waals surface area contributed by atoms with Gasteiger partial charge >= 0.3 is 0 Å². The van der Waals surface area contributed by atoms with Crippen molar-refractivity contribution in [3.63, 3.8) is 0 Å². The van der Waals surface area contributed by atoms with Crippen LogP contribution in [0.15, 0.2) is 82.4 Å². The Balaban J connectivity index is 1.10. The van der Waals surface area contributed by atoms with E-state index in [4.69, 9.17) is 27.6 Å². The van der Waals surface area contributed by atoms with Crippen molar-refractivity contribution < 1.29 is 14.0 Å². The number of carbonyl (C=O) groups excluding carboxylic acids is 2. The van der Waals surface area contributed by atoms with E-state index in [1.807, 2.05) is 53.4 Å². The summed E-state index contributed by atoms with van der Waals surface area (Å²) < 4.78 is 5.63. The molecule has 0 atom stereocenters. The molecule has 11 heteroatoms. The number of piperazine rings is 1. The van der Waals surface area contributed by atoms with E-state index in [-0.39, 0.29) is 22.8 Å². The number of amides is 2. The summed E-state index contributed by atoms with van der Waals surface area (Å²) in [5, 5.41) is 12.1. The Morgan fingerprint density at radius 2 is 1.55 bits per heavy atom. The number of nitrogens with zero attached hydrogens (tertiary/aromatic N) is 4. The zero-order valence-electron chi connectivity index (χ0n) is 20.1. The van der Waals surface area contributed by atoms with Crippen LogP contribution >= 0.6 is 35.0 Å². The van der Waals surface area contributed by atoms with Gasteiger partial charge in [-0.25, -0.2) is 0 Å². The molecule has 0 bridgehead atoms. The van der Waals surface area contributed by atoms with Gasteiger partial charge in [-0.2, -0.15) is 0 Å². The lowest BCUT2D eigenvalue weighted by Crippen LogP contribution is -2.48. The molecule has 2 heterocycles. The number of hydrogen-bond donors (Lipinski definition) is 1. The fraction of sp³-hybridized carbons (Fsp3) is 0.185. The molecule has 2 amide bonds. The highest BCUT2D eigenvalue weighted by Gasteiger charge is 2.23. The van der Waals surface area contributed by atoms with Crippen LogP contribution in [0.4, 0.5) is 11.4 Å². The molecule has 0 spiro atoms. The van der Waals surface area contributed by atoms with Gasteiger partial charge in [-0.1, -0.05) is 59.2 Å². The third-order valence-corrected chi connectivity index (χ3v) is 7.50. The Kier molecular flexibility index (Phi) is 8.17. The summed E-state index contributed by atoms with van der Waals surface area (Å²) in [5.74, 6) is 0.190. The van der Waals surface area contributed by atoms with Gasteiger partial charge in [0.05, 0.1) is 26.9 Å². The summed E-state index contributed by atoms with van der Waals surface area (Å²) in [4.78, 5) is 29.3. The second kappa shape index (κ2) is 11.9. The minimum Gasteiger partial charge on any atom is -0.411 e. The van der Waals surface area contributed by atoms with Crippen molar-refractivity contribution >= 4 is 58.2 Å². The largest absolute Gasteiger partial charge is 0.411 e. The fourth-order valence-corrected chi connectivity index (χ4v) is 5.06. The van der Waals surface area contributed by atoms with Crippen LogP contribution in [0, 0.1) is 0 Å². The Morgan fingerprint density at radius 3 is 2.26 bits per heavy atom. The van der Waals surface area contributed by atoms with Gasteiger partial charge in [0.1, 0.15) is 0 Å². The van der Waals surface area contributed by atoms with Crippen molar-refractivity contribution in [2.75, 3.05) is 42.1 Å². The van der Waals surface area contributed by atoms with E-state index in [0.29, 0.717) is 58.9 Å². The van der Waals surface area contributed by atoms with Gasteiger partial charge in [-0.15, -0.1) is 10.2 Å². The molecule has 8 nitrogen and oxygen atoms in total. The molecule has 3 aromatic carbocycles. The van der Waals surface area contributed by atoms with Crippen molar-refractivity contribution in [2.24, 2.45) is 0 Å². The normalized spacial score (nSPS) is 13.4. The summed E-state index contributed by atoms with van der Waals surface area (Å²) in [6.07, 6.45) is 0. The molecule has 194 valence electrons. The molecule has 38 heavy (non-hydrogen) atoms. The second-order valence-corrected chi connectivity index (χ2v) is 10.2. The van der Waals surface area contributed by atoms with E-state index in [2.05, 4.69) is 20.4 Å². The minimum atomic E-state index is -0.188. The van der Waals surface area contributed by atoms with E-state index >= 15 is 0 Å². The maximum absolute atomic E-state index is 12.8. The number of aromatic nitrogens is 2. The molecule has 0 saturated carbocycles. The smallest absolute Gasteiger partial charge is 0.277 e. The highest BCUT2D eigenvalue weighted by Crippen LogP contribution is 2.29. The zero-order valence-corrected chi connectivity index (χ0v) is 22.5. The van der Waals surface area contributed by atoms with E-state index in [9.17, 15) is 9.59 Å². The molecule has 0 aliphatic carbocycles. The topological polar surface area (TPSA) is 91.6 Å². The number of benzene rings is 3. The fourth-order valence-electron chi connectivity index (χ4n) is 4.06. The summed E-state index contributed by atoms with van der Waals surface area (Å²) in [7, 11) is 0. The number of thioether (sulfide) groups is 1. The van der Waals surface area contributed by atoms with E-state index in [0.717, 1.165) is 17.4 Å². The van der Waals surface area contributed by atoms with Gasteiger partial charge in [0.2, 0.25) is 11.8 Å². The predicted molar refractivity (Wildman–Crippen MR) is 150 cm³/mol. The Hall–Kier alpha value is -3.53. The third kappa shape index (κ3) is 6.12. The summed E-state index contributed by atoms with van der Waals surface area (Å²) in [6.45, 7) is 2.62. The van der Waals surface area contributed by atoms with E-state index < -0.39 is 0 Å². The average molecular weight is 568 g/mol. The first-order chi connectivity index (χ1) is 18.5. The molecule has 1 N–H and O–H groups in total. The monoisotopic (exact) mass is 567 g/mol. The Labute approximate surface area is 233 Å². The number of halogens is 2. The van der Waals surface area contributed by atoms with Crippen LogP contribution in [0.5, 0.6) is 0 Å². The molecule has 0 unspecified atom stereocenters. The second-order valence-electron chi connectivity index (χ2n) is 8.50. The van der Waals surface area contributed by atoms with Gasteiger partial charge in [0.15, 0.2) is 0 Å². The number of anilines is 2. The zero-order chi connectivity index (χ0) is 26.5. The molecule has 4 aromatic rings. The van der Waals surface area contributed by atoms with Crippen molar-refractivity contribution in [1.82, 2.24) is 15.1 Å². The maximum Gasteiger partial charge on any atom is 0.277 e. The van der Waals surface area contributed by atoms with Crippen molar-refractivity contribution in [2.45, 2.75) is 5.22 Å². The molecule has 1 aliphatic heterocycles. The van der Waals surface area contributed by atoms with Gasteiger partial charge in [0, 0.05) is 37.6 Å². The molecule has 1 aliphatic rings. The lowest BCUT2D eigenvalue weighted by molar-refractivity contribution is -0.113. The molecular formula is C27H23Cl2N5O3S. The predicted octanol–water partition coefficient (Wildman–Crippen LogP) is 5.74. The van der Waals surface area contributed by atoms with Crippen molar-refractivity contribution in [3.8, 4) is 11.5 Å². The minimum absolute atomic E-state index is 0.0493. The first-order valence-electron chi connectivity index (χ1n) is 11.9. The van der Waals surface area contributed by atoms with E-state index in [1.54, 1.807) is 24.3 Å². The van der Waals surface area contributed by atoms with Gasteiger partial charge in [-0.3, -0.25) is 9.59 Å². The van der Waals surface area contributed by atoms with Gasteiger partial charge in [-0.05, 0) is 48.5 Å². The summed E-state index contributed by atoms with van der Waals surface area (Å²) in [6, 6.07) is 22.0.